The molecule has 2 aliphatic heterocycles. The van der Waals surface area contributed by atoms with Gasteiger partial charge in [0.05, 0.1) is 6.61 Å². The highest BCUT2D eigenvalue weighted by atomic mass is 16.6. The van der Waals surface area contributed by atoms with Gasteiger partial charge in [-0.1, -0.05) is 38.1 Å². The normalized spacial score (nSPS) is 17.6. The molecule has 0 saturated carbocycles. The second-order valence-electron chi connectivity index (χ2n) is 9.09. The van der Waals surface area contributed by atoms with Crippen molar-refractivity contribution in [1.29, 1.82) is 0 Å². The van der Waals surface area contributed by atoms with Gasteiger partial charge in [0.2, 0.25) is 0 Å². The van der Waals surface area contributed by atoms with Crippen molar-refractivity contribution >= 4 is 23.6 Å². The van der Waals surface area contributed by atoms with E-state index in [9.17, 15) is 14.4 Å². The largest absolute Gasteiger partial charge is 0.480 e. The third-order valence-corrected chi connectivity index (χ3v) is 5.90. The fourth-order valence-corrected chi connectivity index (χ4v) is 4.10. The summed E-state index contributed by atoms with van der Waals surface area (Å²) in [4.78, 5) is 41.5. The Hall–Kier alpha value is -3.55. The molecule has 8 nitrogen and oxygen atoms in total. The number of amides is 3. The van der Waals surface area contributed by atoms with Crippen LogP contribution in [0.15, 0.2) is 48.5 Å². The summed E-state index contributed by atoms with van der Waals surface area (Å²) in [5.74, 6) is 0.635. The zero-order valence-corrected chi connectivity index (χ0v) is 19.7. The van der Waals surface area contributed by atoms with Crippen LogP contribution in [0.25, 0.3) is 0 Å². The molecule has 3 amide bonds. The third kappa shape index (κ3) is 5.68. The molecule has 0 spiro atoms. The standard InChI is InChI=1S/C26H31N3O5/c1-18(2)17-33-26(32)29-12-6-11-28(13-14-29)25(31)20-8-5-9-21(15-20)27-24(30)23-16-19-7-3-4-10-22(19)34-23/h3-5,7-10,15,18,23H,6,11-14,16-17H2,1-2H3,(H,27,30). The minimum atomic E-state index is -0.594. The van der Waals surface area contributed by atoms with E-state index in [0.717, 1.165) is 11.3 Å². The molecule has 2 aliphatic rings. The smallest absolute Gasteiger partial charge is 0.409 e. The van der Waals surface area contributed by atoms with Gasteiger partial charge in [-0.15, -0.1) is 0 Å². The summed E-state index contributed by atoms with van der Waals surface area (Å²) in [6.45, 7) is 6.34. The van der Waals surface area contributed by atoms with E-state index in [4.69, 9.17) is 9.47 Å². The van der Waals surface area contributed by atoms with Crippen LogP contribution in [-0.4, -0.2) is 66.6 Å². The molecule has 1 N–H and O–H groups in total. The van der Waals surface area contributed by atoms with Gasteiger partial charge in [-0.25, -0.2) is 4.79 Å². The molecule has 0 aliphatic carbocycles. The van der Waals surface area contributed by atoms with E-state index in [1.165, 1.54) is 0 Å². The van der Waals surface area contributed by atoms with Crippen LogP contribution in [0.3, 0.4) is 0 Å². The Morgan fingerprint density at radius 3 is 2.59 bits per heavy atom. The van der Waals surface area contributed by atoms with Crippen LogP contribution in [0.1, 0.15) is 36.2 Å². The molecule has 0 bridgehead atoms. The minimum Gasteiger partial charge on any atom is -0.480 e. The maximum atomic E-state index is 13.1. The molecule has 34 heavy (non-hydrogen) atoms. The number of nitrogens with zero attached hydrogens (tertiary/aromatic N) is 2. The number of fused-ring (bicyclic) bond motifs is 1. The van der Waals surface area contributed by atoms with Crippen molar-refractivity contribution in [2.75, 3.05) is 38.1 Å². The van der Waals surface area contributed by atoms with Crippen LogP contribution in [0.5, 0.6) is 5.75 Å². The number of rotatable bonds is 5. The molecule has 1 unspecified atom stereocenters. The highest BCUT2D eigenvalue weighted by Crippen LogP contribution is 2.28. The van der Waals surface area contributed by atoms with E-state index >= 15 is 0 Å². The molecule has 1 atom stereocenters. The molecular formula is C26H31N3O5. The zero-order chi connectivity index (χ0) is 24.1. The molecule has 2 aromatic carbocycles. The molecular weight excluding hydrogens is 434 g/mol. The Labute approximate surface area is 199 Å². The van der Waals surface area contributed by atoms with Gasteiger partial charge in [-0.2, -0.15) is 0 Å². The third-order valence-electron chi connectivity index (χ3n) is 5.90. The summed E-state index contributed by atoms with van der Waals surface area (Å²) in [7, 11) is 0. The number of hydrogen-bond acceptors (Lipinski definition) is 5. The zero-order valence-electron chi connectivity index (χ0n) is 19.7. The van der Waals surface area contributed by atoms with Crippen molar-refractivity contribution in [1.82, 2.24) is 9.80 Å². The van der Waals surface area contributed by atoms with Gasteiger partial charge in [0.15, 0.2) is 6.10 Å². The Bertz CT molecular complexity index is 1030. The fourth-order valence-electron chi connectivity index (χ4n) is 4.10. The average Bonchev–Trinajstić information content (AvgIpc) is 3.12. The molecule has 4 rings (SSSR count). The Morgan fingerprint density at radius 2 is 1.79 bits per heavy atom. The fraction of sp³-hybridized carbons (Fsp3) is 0.423. The summed E-state index contributed by atoms with van der Waals surface area (Å²) in [6.07, 6.45) is 0.274. The van der Waals surface area contributed by atoms with E-state index in [2.05, 4.69) is 5.32 Å². The van der Waals surface area contributed by atoms with Crippen LogP contribution < -0.4 is 10.1 Å². The molecule has 8 heteroatoms. The van der Waals surface area contributed by atoms with E-state index in [1.807, 2.05) is 38.1 Å². The van der Waals surface area contributed by atoms with Gasteiger partial charge in [0.25, 0.3) is 11.8 Å². The van der Waals surface area contributed by atoms with E-state index in [0.29, 0.717) is 56.9 Å². The number of carbonyl (C=O) groups excluding carboxylic acids is 3. The maximum Gasteiger partial charge on any atom is 0.409 e. The van der Waals surface area contributed by atoms with Crippen LogP contribution in [-0.2, 0) is 16.0 Å². The Balaban J connectivity index is 1.34. The van der Waals surface area contributed by atoms with Crippen molar-refractivity contribution in [3.05, 3.63) is 59.7 Å². The van der Waals surface area contributed by atoms with Crippen molar-refractivity contribution in [3.8, 4) is 5.75 Å². The number of anilines is 1. The van der Waals surface area contributed by atoms with E-state index in [1.54, 1.807) is 34.1 Å². The SMILES string of the molecule is CC(C)COC(=O)N1CCCN(C(=O)c2cccc(NC(=O)C3Cc4ccccc4O3)c2)CC1. The number of carbonyl (C=O) groups is 3. The summed E-state index contributed by atoms with van der Waals surface area (Å²) in [6, 6.07) is 14.5. The van der Waals surface area contributed by atoms with Crippen LogP contribution in [0.2, 0.25) is 0 Å². The molecule has 1 saturated heterocycles. The van der Waals surface area contributed by atoms with Crippen molar-refractivity contribution in [2.24, 2.45) is 5.92 Å². The highest BCUT2D eigenvalue weighted by molar-refractivity contribution is 5.98. The number of benzene rings is 2. The number of hydrogen-bond donors (Lipinski definition) is 1. The highest BCUT2D eigenvalue weighted by Gasteiger charge is 2.29. The molecule has 180 valence electrons. The quantitative estimate of drug-likeness (QED) is 0.729. The van der Waals surface area contributed by atoms with Gasteiger partial charge >= 0.3 is 6.09 Å². The van der Waals surface area contributed by atoms with Crippen molar-refractivity contribution in [2.45, 2.75) is 32.8 Å². The summed E-state index contributed by atoms with van der Waals surface area (Å²) < 4.78 is 11.1. The van der Waals surface area contributed by atoms with Gasteiger partial charge in [0.1, 0.15) is 5.75 Å². The first-order valence-electron chi connectivity index (χ1n) is 11.8. The first kappa shape index (κ1) is 23.6. The van der Waals surface area contributed by atoms with Gasteiger partial charge < -0.3 is 24.6 Å². The van der Waals surface area contributed by atoms with Crippen LogP contribution in [0, 0.1) is 5.92 Å². The predicted molar refractivity (Wildman–Crippen MR) is 128 cm³/mol. The van der Waals surface area contributed by atoms with Gasteiger partial charge in [-0.05, 0) is 42.2 Å². The van der Waals surface area contributed by atoms with Crippen LogP contribution in [0.4, 0.5) is 10.5 Å². The molecule has 2 heterocycles. The summed E-state index contributed by atoms with van der Waals surface area (Å²) in [5, 5.41) is 2.87. The van der Waals surface area contributed by atoms with Gasteiger partial charge in [0, 0.05) is 43.9 Å². The van der Waals surface area contributed by atoms with Crippen LogP contribution >= 0.6 is 0 Å². The molecule has 1 fully saturated rings. The Kier molecular flexibility index (Phi) is 7.35. The monoisotopic (exact) mass is 465 g/mol. The lowest BCUT2D eigenvalue weighted by Gasteiger charge is -2.22. The first-order chi connectivity index (χ1) is 16.4. The summed E-state index contributed by atoms with van der Waals surface area (Å²) >= 11 is 0. The lowest BCUT2D eigenvalue weighted by atomic mass is 10.1. The summed E-state index contributed by atoms with van der Waals surface area (Å²) in [5.41, 5.74) is 2.04. The minimum absolute atomic E-state index is 0.127. The first-order valence-corrected chi connectivity index (χ1v) is 11.8. The molecule has 2 aromatic rings. The predicted octanol–water partition coefficient (Wildman–Crippen LogP) is 3.57. The number of para-hydroxylation sites is 1. The second-order valence-corrected chi connectivity index (χ2v) is 9.09. The van der Waals surface area contributed by atoms with E-state index in [-0.39, 0.29) is 23.8 Å². The van der Waals surface area contributed by atoms with Crippen molar-refractivity contribution in [3.63, 3.8) is 0 Å². The Morgan fingerprint density at radius 1 is 1.03 bits per heavy atom. The topological polar surface area (TPSA) is 88.2 Å². The lowest BCUT2D eigenvalue weighted by molar-refractivity contribution is -0.122. The van der Waals surface area contributed by atoms with E-state index < -0.39 is 6.10 Å². The lowest BCUT2D eigenvalue weighted by Crippen LogP contribution is -2.38. The number of nitrogens with one attached hydrogen (secondary N) is 1. The maximum absolute atomic E-state index is 13.1. The average molecular weight is 466 g/mol. The van der Waals surface area contributed by atoms with Gasteiger partial charge in [-0.3, -0.25) is 9.59 Å². The van der Waals surface area contributed by atoms with Crippen molar-refractivity contribution < 1.29 is 23.9 Å². The number of ether oxygens (including phenoxy) is 2. The molecule has 0 aromatic heterocycles. The molecule has 0 radical (unpaired) electrons. The second kappa shape index (κ2) is 10.6.